The maximum absolute atomic E-state index is 12.9. The molecule has 16 heavy (non-hydrogen) atoms. The SMILES string of the molecule is O=C(c1ccnc(F)c1)N1[C@@H]2CCCC[C@@H]21. The molecule has 2 aliphatic rings. The van der Waals surface area contributed by atoms with Crippen LogP contribution in [0.5, 0.6) is 0 Å². The number of fused-ring (bicyclic) bond motifs is 1. The van der Waals surface area contributed by atoms with Gasteiger partial charge in [0.05, 0.1) is 12.1 Å². The quantitative estimate of drug-likeness (QED) is 0.535. The van der Waals surface area contributed by atoms with E-state index >= 15 is 0 Å². The van der Waals surface area contributed by atoms with Crippen molar-refractivity contribution in [2.75, 3.05) is 0 Å². The Morgan fingerprint density at radius 3 is 2.69 bits per heavy atom. The second-order valence-corrected chi connectivity index (χ2v) is 4.50. The van der Waals surface area contributed by atoms with Crippen molar-refractivity contribution in [3.05, 3.63) is 29.8 Å². The lowest BCUT2D eigenvalue weighted by Crippen LogP contribution is -2.15. The second kappa shape index (κ2) is 3.54. The van der Waals surface area contributed by atoms with Crippen LogP contribution in [0.25, 0.3) is 0 Å². The van der Waals surface area contributed by atoms with E-state index in [1.165, 1.54) is 25.1 Å². The Bertz CT molecular complexity index is 423. The molecule has 1 saturated carbocycles. The fourth-order valence-electron chi connectivity index (χ4n) is 2.69. The monoisotopic (exact) mass is 220 g/mol. The van der Waals surface area contributed by atoms with Crippen molar-refractivity contribution in [2.24, 2.45) is 0 Å². The normalized spacial score (nSPS) is 27.4. The largest absolute Gasteiger partial charge is 0.329 e. The van der Waals surface area contributed by atoms with Crippen LogP contribution < -0.4 is 0 Å². The number of pyridine rings is 1. The van der Waals surface area contributed by atoms with Crippen molar-refractivity contribution >= 4 is 5.91 Å². The average Bonchev–Trinajstić information content (AvgIpc) is 3.02. The number of amides is 1. The van der Waals surface area contributed by atoms with Crippen molar-refractivity contribution < 1.29 is 9.18 Å². The topological polar surface area (TPSA) is 33.0 Å². The number of carbonyl (C=O) groups excluding carboxylic acids is 1. The van der Waals surface area contributed by atoms with Gasteiger partial charge >= 0.3 is 0 Å². The summed E-state index contributed by atoms with van der Waals surface area (Å²) in [5.41, 5.74) is 0.418. The zero-order chi connectivity index (χ0) is 11.1. The van der Waals surface area contributed by atoms with Gasteiger partial charge in [-0.2, -0.15) is 4.39 Å². The van der Waals surface area contributed by atoms with Gasteiger partial charge in [-0.3, -0.25) is 4.79 Å². The number of nitrogens with zero attached hydrogens (tertiary/aromatic N) is 2. The second-order valence-electron chi connectivity index (χ2n) is 4.50. The molecule has 2 fully saturated rings. The van der Waals surface area contributed by atoms with Crippen molar-refractivity contribution in [3.8, 4) is 0 Å². The first-order valence-electron chi connectivity index (χ1n) is 5.71. The third kappa shape index (κ3) is 1.49. The van der Waals surface area contributed by atoms with Gasteiger partial charge in [0.25, 0.3) is 5.91 Å². The van der Waals surface area contributed by atoms with Gasteiger partial charge < -0.3 is 4.90 Å². The van der Waals surface area contributed by atoms with E-state index in [1.54, 1.807) is 6.07 Å². The average molecular weight is 220 g/mol. The first-order chi connectivity index (χ1) is 7.77. The maximum Gasteiger partial charge on any atom is 0.254 e. The van der Waals surface area contributed by atoms with Gasteiger partial charge in [0, 0.05) is 17.8 Å². The fourth-order valence-corrected chi connectivity index (χ4v) is 2.69. The molecule has 0 N–H and O–H groups in total. The molecule has 0 spiro atoms. The maximum atomic E-state index is 12.9. The molecule has 2 heterocycles. The molecule has 84 valence electrons. The van der Waals surface area contributed by atoms with E-state index in [9.17, 15) is 9.18 Å². The number of carbonyl (C=O) groups is 1. The minimum Gasteiger partial charge on any atom is -0.329 e. The number of hydrogen-bond acceptors (Lipinski definition) is 2. The summed E-state index contributed by atoms with van der Waals surface area (Å²) in [6, 6.07) is 3.62. The van der Waals surface area contributed by atoms with Gasteiger partial charge in [-0.1, -0.05) is 12.8 Å². The first kappa shape index (κ1) is 9.75. The lowest BCUT2D eigenvalue weighted by atomic mass is 10.0. The van der Waals surface area contributed by atoms with Crippen LogP contribution >= 0.6 is 0 Å². The Hall–Kier alpha value is -1.45. The van der Waals surface area contributed by atoms with E-state index in [4.69, 9.17) is 0 Å². The van der Waals surface area contributed by atoms with Crippen LogP contribution in [0.4, 0.5) is 4.39 Å². The third-order valence-electron chi connectivity index (χ3n) is 3.53. The van der Waals surface area contributed by atoms with Crippen molar-refractivity contribution in [1.29, 1.82) is 0 Å². The van der Waals surface area contributed by atoms with Gasteiger partial charge in [-0.25, -0.2) is 4.98 Å². The Kier molecular flexibility index (Phi) is 2.16. The highest BCUT2D eigenvalue weighted by molar-refractivity contribution is 5.96. The molecular weight excluding hydrogens is 207 g/mol. The predicted molar refractivity (Wildman–Crippen MR) is 56.4 cm³/mol. The molecule has 0 bridgehead atoms. The lowest BCUT2D eigenvalue weighted by Gasteiger charge is -2.03. The van der Waals surface area contributed by atoms with Crippen molar-refractivity contribution in [3.63, 3.8) is 0 Å². The Balaban J connectivity index is 1.79. The summed E-state index contributed by atoms with van der Waals surface area (Å²) in [7, 11) is 0. The summed E-state index contributed by atoms with van der Waals surface area (Å²) in [5.74, 6) is -0.631. The third-order valence-corrected chi connectivity index (χ3v) is 3.53. The molecule has 0 radical (unpaired) electrons. The van der Waals surface area contributed by atoms with E-state index in [1.807, 2.05) is 4.90 Å². The Morgan fingerprint density at radius 1 is 1.38 bits per heavy atom. The highest BCUT2D eigenvalue weighted by Gasteiger charge is 2.51. The number of likely N-dealkylation sites (tertiary alicyclic amines) is 1. The van der Waals surface area contributed by atoms with Crippen LogP contribution in [0.3, 0.4) is 0 Å². The summed E-state index contributed by atoms with van der Waals surface area (Å²) in [6.07, 6.45) is 5.95. The van der Waals surface area contributed by atoms with E-state index in [2.05, 4.69) is 4.98 Å². The summed E-state index contributed by atoms with van der Waals surface area (Å²) >= 11 is 0. The molecule has 1 aliphatic heterocycles. The molecule has 1 amide bonds. The standard InChI is InChI=1S/C12H13FN2O/c13-11-7-8(5-6-14-11)12(16)15-9-3-1-2-4-10(9)15/h5-7,9-10H,1-4H2/t9-,10+,15?. The molecule has 1 aromatic heterocycles. The van der Waals surface area contributed by atoms with E-state index in [0.29, 0.717) is 17.6 Å². The van der Waals surface area contributed by atoms with Gasteiger partial charge in [0.15, 0.2) is 0 Å². The number of halogens is 1. The lowest BCUT2D eigenvalue weighted by molar-refractivity contribution is 0.0864. The molecule has 2 atom stereocenters. The first-order valence-corrected chi connectivity index (χ1v) is 5.71. The van der Waals surface area contributed by atoms with Gasteiger partial charge in [-0.15, -0.1) is 0 Å². The molecule has 3 nitrogen and oxygen atoms in total. The fraction of sp³-hybridized carbons (Fsp3) is 0.500. The highest BCUT2D eigenvalue weighted by atomic mass is 19.1. The molecule has 1 aromatic rings. The summed E-state index contributed by atoms with van der Waals surface area (Å²) in [5, 5.41) is 0. The summed E-state index contributed by atoms with van der Waals surface area (Å²) in [6.45, 7) is 0. The number of rotatable bonds is 1. The Morgan fingerprint density at radius 2 is 2.06 bits per heavy atom. The highest BCUT2D eigenvalue weighted by Crippen LogP contribution is 2.41. The van der Waals surface area contributed by atoms with E-state index in [-0.39, 0.29) is 5.91 Å². The van der Waals surface area contributed by atoms with E-state index in [0.717, 1.165) is 12.8 Å². The van der Waals surface area contributed by atoms with Crippen LogP contribution in [0, 0.1) is 5.95 Å². The molecule has 0 aromatic carbocycles. The molecule has 1 aliphatic carbocycles. The minimum absolute atomic E-state index is 0.0433. The van der Waals surface area contributed by atoms with Crippen LogP contribution in [0.2, 0.25) is 0 Å². The Labute approximate surface area is 93.3 Å². The number of aromatic nitrogens is 1. The zero-order valence-electron chi connectivity index (χ0n) is 8.90. The molecule has 1 saturated heterocycles. The van der Waals surface area contributed by atoms with E-state index < -0.39 is 5.95 Å². The molecule has 4 heteroatoms. The zero-order valence-corrected chi connectivity index (χ0v) is 8.90. The predicted octanol–water partition coefficient (Wildman–Crippen LogP) is 1.99. The molecular formula is C12H13FN2O. The van der Waals surface area contributed by atoms with Crippen LogP contribution in [0.15, 0.2) is 18.3 Å². The smallest absolute Gasteiger partial charge is 0.254 e. The van der Waals surface area contributed by atoms with Gasteiger partial charge in [0.1, 0.15) is 0 Å². The van der Waals surface area contributed by atoms with Crippen LogP contribution in [-0.2, 0) is 0 Å². The minimum atomic E-state index is -0.587. The van der Waals surface area contributed by atoms with Crippen LogP contribution in [-0.4, -0.2) is 27.9 Å². The number of hydrogen-bond donors (Lipinski definition) is 0. The van der Waals surface area contributed by atoms with Gasteiger partial charge in [-0.05, 0) is 18.9 Å². The van der Waals surface area contributed by atoms with Crippen molar-refractivity contribution in [2.45, 2.75) is 37.8 Å². The van der Waals surface area contributed by atoms with Crippen LogP contribution in [0.1, 0.15) is 36.0 Å². The summed E-state index contributed by atoms with van der Waals surface area (Å²) < 4.78 is 12.9. The summed E-state index contributed by atoms with van der Waals surface area (Å²) in [4.78, 5) is 17.4. The van der Waals surface area contributed by atoms with Crippen molar-refractivity contribution in [1.82, 2.24) is 9.88 Å². The molecule has 3 rings (SSSR count). The van der Waals surface area contributed by atoms with Gasteiger partial charge in [0.2, 0.25) is 5.95 Å². The molecule has 0 unspecified atom stereocenters.